The van der Waals surface area contributed by atoms with Gasteiger partial charge in [0.2, 0.25) is 0 Å². The van der Waals surface area contributed by atoms with Gasteiger partial charge in [0.15, 0.2) is 0 Å². The van der Waals surface area contributed by atoms with E-state index in [4.69, 9.17) is 4.74 Å². The van der Waals surface area contributed by atoms with Crippen molar-refractivity contribution in [2.45, 2.75) is 50.2 Å². The van der Waals surface area contributed by atoms with Crippen molar-refractivity contribution in [2.75, 3.05) is 13.1 Å². The molecule has 2 aliphatic heterocycles. The number of hydrogen-bond donors (Lipinski definition) is 0. The highest BCUT2D eigenvalue weighted by molar-refractivity contribution is 5.68. The molecule has 2 fully saturated rings. The number of piperidine rings is 1. The Morgan fingerprint density at radius 2 is 1.81 bits per heavy atom. The molecule has 0 N–H and O–H groups in total. The summed E-state index contributed by atoms with van der Waals surface area (Å²) in [5.41, 5.74) is 5.22. The van der Waals surface area contributed by atoms with Gasteiger partial charge in [-0.1, -0.05) is 18.6 Å². The minimum Gasteiger partial charge on any atom is -0.487 e. The first-order valence-corrected chi connectivity index (χ1v) is 10.4. The Kier molecular flexibility index (Phi) is 3.43. The number of nitrogens with zero attached hydrogens (tertiary/aromatic N) is 2. The smallest absolute Gasteiger partial charge is 0.123 e. The van der Waals surface area contributed by atoms with E-state index in [9.17, 15) is 0 Å². The van der Waals surface area contributed by atoms with Crippen molar-refractivity contribution in [1.82, 2.24) is 9.30 Å². The van der Waals surface area contributed by atoms with Gasteiger partial charge in [0.1, 0.15) is 11.4 Å². The molecule has 4 heterocycles. The molecule has 0 amide bonds. The van der Waals surface area contributed by atoms with E-state index in [1.807, 2.05) is 0 Å². The largest absolute Gasteiger partial charge is 0.487 e. The molecule has 3 nitrogen and oxygen atoms in total. The van der Waals surface area contributed by atoms with Gasteiger partial charge in [0.05, 0.1) is 0 Å². The van der Waals surface area contributed by atoms with Crippen LogP contribution in [0.1, 0.15) is 37.7 Å². The van der Waals surface area contributed by atoms with Crippen LogP contribution in [-0.4, -0.2) is 34.0 Å². The molecule has 27 heavy (non-hydrogen) atoms. The van der Waals surface area contributed by atoms with Gasteiger partial charge in [-0.2, -0.15) is 0 Å². The predicted octanol–water partition coefficient (Wildman–Crippen LogP) is 4.93. The quantitative estimate of drug-likeness (QED) is 0.646. The summed E-state index contributed by atoms with van der Waals surface area (Å²) in [6.45, 7) is 2.41. The zero-order valence-corrected chi connectivity index (χ0v) is 15.7. The molecular formula is C24H26N2O. The van der Waals surface area contributed by atoms with Crippen LogP contribution in [0.3, 0.4) is 0 Å². The number of rotatable bonds is 2. The maximum absolute atomic E-state index is 6.53. The summed E-state index contributed by atoms with van der Waals surface area (Å²) in [5.74, 6) is 1.11. The zero-order valence-electron chi connectivity index (χ0n) is 15.7. The lowest BCUT2D eigenvalue weighted by molar-refractivity contribution is -0.00746. The Hall–Kier alpha value is -2.26. The third-order valence-electron chi connectivity index (χ3n) is 7.06. The van der Waals surface area contributed by atoms with Gasteiger partial charge in [0.25, 0.3) is 0 Å². The number of aromatic nitrogens is 1. The van der Waals surface area contributed by atoms with Gasteiger partial charge in [-0.05, 0) is 59.9 Å². The SMILES string of the molecule is c1cc2ccc(-c3ccc4c(c3)CC3(CCN(C5CCC5)CC3)O4)cn2c1. The normalized spacial score (nSPS) is 21.9. The van der Waals surface area contributed by atoms with Crippen molar-refractivity contribution in [3.05, 3.63) is 60.4 Å². The highest BCUT2D eigenvalue weighted by Gasteiger charge is 2.43. The lowest BCUT2D eigenvalue weighted by Crippen LogP contribution is -2.52. The van der Waals surface area contributed by atoms with E-state index in [2.05, 4.69) is 64.2 Å². The number of pyridine rings is 1. The number of hydrogen-bond acceptors (Lipinski definition) is 2. The van der Waals surface area contributed by atoms with E-state index in [0.29, 0.717) is 0 Å². The van der Waals surface area contributed by atoms with E-state index in [-0.39, 0.29) is 5.60 Å². The van der Waals surface area contributed by atoms with E-state index >= 15 is 0 Å². The number of fused-ring (bicyclic) bond motifs is 2. The van der Waals surface area contributed by atoms with Crippen molar-refractivity contribution in [1.29, 1.82) is 0 Å². The van der Waals surface area contributed by atoms with Crippen LogP contribution in [0.15, 0.2) is 54.9 Å². The molecule has 2 aromatic heterocycles. The highest BCUT2D eigenvalue weighted by atomic mass is 16.5. The van der Waals surface area contributed by atoms with Crippen LogP contribution in [0.4, 0.5) is 0 Å². The first kappa shape index (κ1) is 15.8. The molecule has 3 aromatic rings. The fourth-order valence-electron chi connectivity index (χ4n) is 5.14. The van der Waals surface area contributed by atoms with Crippen LogP contribution in [-0.2, 0) is 6.42 Å². The molecule has 1 saturated carbocycles. The van der Waals surface area contributed by atoms with Crippen molar-refractivity contribution in [3.63, 3.8) is 0 Å². The minimum absolute atomic E-state index is 0.0472. The molecule has 3 heteroatoms. The topological polar surface area (TPSA) is 16.9 Å². The minimum atomic E-state index is 0.0472. The lowest BCUT2D eigenvalue weighted by Gasteiger charge is -2.45. The Labute approximate surface area is 160 Å². The summed E-state index contributed by atoms with van der Waals surface area (Å²) in [6, 6.07) is 16.3. The Balaban J connectivity index is 1.24. The highest BCUT2D eigenvalue weighted by Crippen LogP contribution is 2.43. The maximum Gasteiger partial charge on any atom is 0.123 e. The van der Waals surface area contributed by atoms with Crippen molar-refractivity contribution in [2.24, 2.45) is 0 Å². The Bertz CT molecular complexity index is 993. The molecule has 1 aromatic carbocycles. The van der Waals surface area contributed by atoms with E-state index in [0.717, 1.165) is 18.2 Å². The van der Waals surface area contributed by atoms with Crippen molar-refractivity contribution in [3.8, 4) is 16.9 Å². The van der Waals surface area contributed by atoms with Gasteiger partial charge in [-0.15, -0.1) is 0 Å². The van der Waals surface area contributed by atoms with Gasteiger partial charge in [-0.3, -0.25) is 0 Å². The lowest BCUT2D eigenvalue weighted by atomic mass is 9.83. The second-order valence-corrected chi connectivity index (χ2v) is 8.66. The fourth-order valence-corrected chi connectivity index (χ4v) is 5.14. The molecule has 0 atom stereocenters. The number of likely N-dealkylation sites (tertiary alicyclic amines) is 1. The first-order valence-electron chi connectivity index (χ1n) is 10.4. The van der Waals surface area contributed by atoms with E-state index < -0.39 is 0 Å². The second-order valence-electron chi connectivity index (χ2n) is 8.66. The van der Waals surface area contributed by atoms with Gasteiger partial charge >= 0.3 is 0 Å². The number of benzene rings is 1. The van der Waals surface area contributed by atoms with Crippen molar-refractivity contribution >= 4 is 5.52 Å². The molecule has 138 valence electrons. The molecule has 1 aliphatic carbocycles. The van der Waals surface area contributed by atoms with Crippen LogP contribution < -0.4 is 4.74 Å². The third-order valence-corrected chi connectivity index (χ3v) is 7.06. The molecule has 0 unspecified atom stereocenters. The summed E-state index contributed by atoms with van der Waals surface area (Å²) in [4.78, 5) is 2.71. The summed E-state index contributed by atoms with van der Waals surface area (Å²) in [7, 11) is 0. The van der Waals surface area contributed by atoms with Crippen LogP contribution in [0.2, 0.25) is 0 Å². The van der Waals surface area contributed by atoms with Crippen LogP contribution in [0, 0.1) is 0 Å². The third kappa shape index (κ3) is 2.60. The summed E-state index contributed by atoms with van der Waals surface area (Å²) in [6.07, 6.45) is 12.0. The molecule has 1 saturated heterocycles. The standard InChI is InChI=1S/C24H26N2O/c1-3-21(4-1)25-13-10-24(11-14-25)16-20-15-18(7-9-23(20)27-24)19-6-8-22-5-2-12-26(22)17-19/h2,5-9,12,15,17,21H,1,3-4,10-11,13-14,16H2. The Morgan fingerprint density at radius 3 is 2.63 bits per heavy atom. The monoisotopic (exact) mass is 358 g/mol. The van der Waals surface area contributed by atoms with E-state index in [1.165, 1.54) is 67.4 Å². The first-order chi connectivity index (χ1) is 13.3. The Morgan fingerprint density at radius 1 is 0.963 bits per heavy atom. The van der Waals surface area contributed by atoms with Crippen LogP contribution in [0.25, 0.3) is 16.6 Å². The van der Waals surface area contributed by atoms with Gasteiger partial charge in [-0.25, -0.2) is 0 Å². The van der Waals surface area contributed by atoms with E-state index in [1.54, 1.807) is 0 Å². The van der Waals surface area contributed by atoms with Crippen molar-refractivity contribution < 1.29 is 4.74 Å². The summed E-state index contributed by atoms with van der Waals surface area (Å²) in [5, 5.41) is 0. The molecule has 0 bridgehead atoms. The molecular weight excluding hydrogens is 332 g/mol. The van der Waals surface area contributed by atoms with Crippen LogP contribution in [0.5, 0.6) is 5.75 Å². The second kappa shape index (κ2) is 5.87. The molecule has 0 radical (unpaired) electrons. The predicted molar refractivity (Wildman–Crippen MR) is 108 cm³/mol. The molecule has 6 rings (SSSR count). The van der Waals surface area contributed by atoms with Crippen LogP contribution >= 0.6 is 0 Å². The average molecular weight is 358 g/mol. The summed E-state index contributed by atoms with van der Waals surface area (Å²) < 4.78 is 8.72. The average Bonchev–Trinajstić information content (AvgIpc) is 3.25. The number of ether oxygens (including phenoxy) is 1. The fraction of sp³-hybridized carbons (Fsp3) is 0.417. The zero-order chi connectivity index (χ0) is 17.8. The molecule has 3 aliphatic rings. The van der Waals surface area contributed by atoms with Gasteiger partial charge in [0, 0.05) is 56.3 Å². The summed E-state index contributed by atoms with van der Waals surface area (Å²) >= 11 is 0. The van der Waals surface area contributed by atoms with Gasteiger partial charge < -0.3 is 14.0 Å². The maximum atomic E-state index is 6.53. The molecule has 1 spiro atoms.